The van der Waals surface area contributed by atoms with Crippen LogP contribution in [0.25, 0.3) is 0 Å². The van der Waals surface area contributed by atoms with Crippen molar-refractivity contribution >= 4 is 15.9 Å². The summed E-state index contributed by atoms with van der Waals surface area (Å²) in [6.45, 7) is 0.662. The Morgan fingerprint density at radius 2 is 1.93 bits per heavy atom. The molecule has 0 saturated carbocycles. The highest BCUT2D eigenvalue weighted by molar-refractivity contribution is 9.09. The van der Waals surface area contributed by atoms with Crippen molar-refractivity contribution in [3.63, 3.8) is 0 Å². The minimum Gasteiger partial charge on any atom is -0.497 e. The zero-order chi connectivity index (χ0) is 20.6. The molecular formula is C23H25BrN2O3. The Kier molecular flexibility index (Phi) is 7.42. The largest absolute Gasteiger partial charge is 0.497 e. The summed E-state index contributed by atoms with van der Waals surface area (Å²) in [5.74, 6) is 1.90. The number of nitrogens with zero attached hydrogens (tertiary/aromatic N) is 1. The van der Waals surface area contributed by atoms with Crippen molar-refractivity contribution in [1.29, 1.82) is 5.26 Å². The molecule has 1 heterocycles. The summed E-state index contributed by atoms with van der Waals surface area (Å²) < 4.78 is 17.0. The molecule has 1 atom stereocenters. The van der Waals surface area contributed by atoms with E-state index in [1.54, 1.807) is 7.11 Å². The van der Waals surface area contributed by atoms with Crippen molar-refractivity contribution in [3.05, 3.63) is 65.0 Å². The highest BCUT2D eigenvalue weighted by Gasteiger charge is 2.31. The number of methoxy groups -OCH3 is 1. The Balaban J connectivity index is 1.82. The van der Waals surface area contributed by atoms with Crippen LogP contribution in [0.4, 0.5) is 0 Å². The summed E-state index contributed by atoms with van der Waals surface area (Å²) in [6.07, 6.45) is 4.54. The number of benzene rings is 2. The van der Waals surface area contributed by atoms with Gasteiger partial charge in [0, 0.05) is 17.0 Å². The molecule has 1 aliphatic heterocycles. The van der Waals surface area contributed by atoms with Crippen molar-refractivity contribution < 1.29 is 14.2 Å². The molecule has 0 fully saturated rings. The SMILES string of the molecule is COc1cccc(C2C(C#N)=C(N)Oc3cc(OCCCCCCBr)ccc32)c1. The molecule has 1 unspecified atom stereocenters. The van der Waals surface area contributed by atoms with Gasteiger partial charge in [-0.1, -0.05) is 47.0 Å². The molecule has 1 aliphatic rings. The fourth-order valence-electron chi connectivity index (χ4n) is 3.43. The molecule has 2 aromatic carbocycles. The average Bonchev–Trinajstić information content (AvgIpc) is 2.75. The lowest BCUT2D eigenvalue weighted by Crippen LogP contribution is -2.21. The van der Waals surface area contributed by atoms with E-state index in [4.69, 9.17) is 19.9 Å². The molecule has 0 spiro atoms. The van der Waals surface area contributed by atoms with Gasteiger partial charge in [0.05, 0.1) is 19.6 Å². The Bertz CT molecular complexity index is 921. The minimum absolute atomic E-state index is 0.125. The maximum absolute atomic E-state index is 9.68. The topological polar surface area (TPSA) is 77.5 Å². The lowest BCUT2D eigenvalue weighted by Gasteiger charge is -2.27. The maximum atomic E-state index is 9.68. The fraction of sp³-hybridized carbons (Fsp3) is 0.348. The second kappa shape index (κ2) is 10.2. The number of allylic oxidation sites excluding steroid dienone is 1. The van der Waals surface area contributed by atoms with Crippen molar-refractivity contribution in [3.8, 4) is 23.3 Å². The molecule has 0 radical (unpaired) electrons. The zero-order valence-corrected chi connectivity index (χ0v) is 18.1. The molecule has 29 heavy (non-hydrogen) atoms. The van der Waals surface area contributed by atoms with Gasteiger partial charge in [-0.2, -0.15) is 5.26 Å². The van der Waals surface area contributed by atoms with E-state index in [-0.39, 0.29) is 11.8 Å². The molecular weight excluding hydrogens is 432 g/mol. The highest BCUT2D eigenvalue weighted by Crippen LogP contribution is 2.43. The van der Waals surface area contributed by atoms with Crippen LogP contribution in [-0.2, 0) is 0 Å². The molecule has 6 heteroatoms. The number of nitrogens with two attached hydrogens (primary N) is 1. The molecule has 5 nitrogen and oxygen atoms in total. The third kappa shape index (κ3) is 5.04. The van der Waals surface area contributed by atoms with Crippen molar-refractivity contribution in [2.24, 2.45) is 5.73 Å². The quantitative estimate of drug-likeness (QED) is 0.411. The van der Waals surface area contributed by atoms with E-state index < -0.39 is 0 Å². The van der Waals surface area contributed by atoms with Gasteiger partial charge in [0.25, 0.3) is 0 Å². The van der Waals surface area contributed by atoms with E-state index in [0.717, 1.165) is 40.8 Å². The summed E-state index contributed by atoms with van der Waals surface area (Å²) >= 11 is 3.45. The van der Waals surface area contributed by atoms with Crippen molar-refractivity contribution in [2.45, 2.75) is 31.6 Å². The van der Waals surface area contributed by atoms with Gasteiger partial charge in [-0.3, -0.25) is 0 Å². The summed E-state index contributed by atoms with van der Waals surface area (Å²) in [7, 11) is 1.62. The second-order valence-corrected chi connectivity index (χ2v) is 7.65. The van der Waals surface area contributed by atoms with Gasteiger partial charge in [0.15, 0.2) is 0 Å². The number of nitriles is 1. The van der Waals surface area contributed by atoms with Crippen LogP contribution < -0.4 is 19.9 Å². The first-order valence-corrected chi connectivity index (χ1v) is 10.8. The maximum Gasteiger partial charge on any atom is 0.205 e. The van der Waals surface area contributed by atoms with Crippen LogP contribution >= 0.6 is 15.9 Å². The fourth-order valence-corrected chi connectivity index (χ4v) is 3.83. The Morgan fingerprint density at radius 1 is 1.10 bits per heavy atom. The van der Waals surface area contributed by atoms with E-state index in [0.29, 0.717) is 17.9 Å². The van der Waals surface area contributed by atoms with Crippen LogP contribution in [0.2, 0.25) is 0 Å². The van der Waals surface area contributed by atoms with Crippen molar-refractivity contribution in [2.75, 3.05) is 19.0 Å². The first-order chi connectivity index (χ1) is 14.2. The number of fused-ring (bicyclic) bond motifs is 1. The molecule has 2 N–H and O–H groups in total. The molecule has 2 aromatic rings. The normalized spacial score (nSPS) is 15.3. The lowest BCUT2D eigenvalue weighted by atomic mass is 9.83. The standard InChI is InChI=1S/C23H25BrN2O3/c1-27-17-8-6-7-16(13-17)22-19-10-9-18(28-12-5-3-2-4-11-24)14-21(19)29-23(26)20(22)15-25/h6-10,13-14,22H,2-5,11-12,26H2,1H3. The Labute approximate surface area is 180 Å². The predicted octanol–water partition coefficient (Wildman–Crippen LogP) is 5.25. The van der Waals surface area contributed by atoms with Gasteiger partial charge < -0.3 is 19.9 Å². The third-order valence-corrected chi connectivity index (χ3v) is 5.48. The van der Waals surface area contributed by atoms with E-state index in [1.807, 2.05) is 42.5 Å². The second-order valence-electron chi connectivity index (χ2n) is 6.85. The summed E-state index contributed by atoms with van der Waals surface area (Å²) in [5.41, 5.74) is 8.28. The van der Waals surface area contributed by atoms with Gasteiger partial charge in [0.2, 0.25) is 5.88 Å². The number of hydrogen-bond acceptors (Lipinski definition) is 5. The van der Waals surface area contributed by atoms with Gasteiger partial charge in [-0.15, -0.1) is 0 Å². The molecule has 0 saturated heterocycles. The first-order valence-electron chi connectivity index (χ1n) is 9.72. The lowest BCUT2D eigenvalue weighted by molar-refractivity contribution is 0.302. The van der Waals surface area contributed by atoms with Crippen LogP contribution in [0.5, 0.6) is 17.2 Å². The first kappa shape index (κ1) is 21.1. The van der Waals surface area contributed by atoms with E-state index >= 15 is 0 Å². The highest BCUT2D eigenvalue weighted by atomic mass is 79.9. The van der Waals surface area contributed by atoms with Gasteiger partial charge in [-0.25, -0.2) is 0 Å². The number of rotatable bonds is 9. The summed E-state index contributed by atoms with van der Waals surface area (Å²) in [5, 5.41) is 10.7. The van der Waals surface area contributed by atoms with Crippen LogP contribution in [0.1, 0.15) is 42.7 Å². The van der Waals surface area contributed by atoms with Crippen LogP contribution in [0.15, 0.2) is 53.9 Å². The van der Waals surface area contributed by atoms with Gasteiger partial charge in [0.1, 0.15) is 28.9 Å². The molecule has 0 amide bonds. The number of unbranched alkanes of at least 4 members (excludes halogenated alkanes) is 3. The monoisotopic (exact) mass is 456 g/mol. The molecule has 0 bridgehead atoms. The molecule has 152 valence electrons. The number of alkyl halides is 1. The minimum atomic E-state index is -0.308. The smallest absolute Gasteiger partial charge is 0.205 e. The van der Waals surface area contributed by atoms with E-state index in [2.05, 4.69) is 22.0 Å². The van der Waals surface area contributed by atoms with Crippen LogP contribution in [0, 0.1) is 11.3 Å². The Morgan fingerprint density at radius 3 is 2.69 bits per heavy atom. The average molecular weight is 457 g/mol. The van der Waals surface area contributed by atoms with E-state index in [9.17, 15) is 5.26 Å². The number of hydrogen-bond donors (Lipinski definition) is 1. The Hall–Kier alpha value is -2.65. The number of halogens is 1. The molecule has 0 aliphatic carbocycles. The zero-order valence-electron chi connectivity index (χ0n) is 16.5. The molecule has 0 aromatic heterocycles. The van der Waals surface area contributed by atoms with Gasteiger partial charge in [-0.05, 0) is 36.6 Å². The predicted molar refractivity (Wildman–Crippen MR) is 116 cm³/mol. The van der Waals surface area contributed by atoms with Crippen molar-refractivity contribution in [1.82, 2.24) is 0 Å². The molecule has 3 rings (SSSR count). The van der Waals surface area contributed by atoms with Crippen LogP contribution in [-0.4, -0.2) is 19.0 Å². The van der Waals surface area contributed by atoms with Gasteiger partial charge >= 0.3 is 0 Å². The third-order valence-electron chi connectivity index (χ3n) is 4.91. The van der Waals surface area contributed by atoms with Crippen LogP contribution in [0.3, 0.4) is 0 Å². The summed E-state index contributed by atoms with van der Waals surface area (Å²) in [6, 6.07) is 15.6. The summed E-state index contributed by atoms with van der Waals surface area (Å²) in [4.78, 5) is 0. The van der Waals surface area contributed by atoms with E-state index in [1.165, 1.54) is 12.8 Å². The number of ether oxygens (including phenoxy) is 3.